The molecule has 0 saturated carbocycles. The molecule has 0 saturated heterocycles. The van der Waals surface area contributed by atoms with Crippen molar-refractivity contribution in [1.29, 1.82) is 0 Å². The standard InChI is InChI=1S/C7H6O2S2/c1-9-5-3-11-6-4(8)2-10-7(5)6/h3H,2H2,1H3. The van der Waals surface area contributed by atoms with Crippen molar-refractivity contribution in [1.82, 2.24) is 0 Å². The first-order valence-corrected chi connectivity index (χ1v) is 5.01. The molecule has 1 aromatic rings. The quantitative estimate of drug-likeness (QED) is 0.671. The van der Waals surface area contributed by atoms with Crippen LogP contribution in [0.2, 0.25) is 0 Å². The van der Waals surface area contributed by atoms with E-state index in [9.17, 15) is 4.79 Å². The number of methoxy groups -OCH3 is 1. The number of ketones is 1. The van der Waals surface area contributed by atoms with Crippen molar-refractivity contribution in [2.24, 2.45) is 0 Å². The van der Waals surface area contributed by atoms with Gasteiger partial charge in [-0.15, -0.1) is 23.1 Å². The molecule has 2 rings (SSSR count). The molecule has 0 aliphatic carbocycles. The molecule has 0 amide bonds. The number of ether oxygens (including phenoxy) is 1. The Morgan fingerprint density at radius 1 is 1.64 bits per heavy atom. The summed E-state index contributed by atoms with van der Waals surface area (Å²) in [4.78, 5) is 13.0. The van der Waals surface area contributed by atoms with Crippen LogP contribution >= 0.6 is 23.1 Å². The molecule has 11 heavy (non-hydrogen) atoms. The molecule has 0 aromatic carbocycles. The fourth-order valence-electron chi connectivity index (χ4n) is 1.00. The van der Waals surface area contributed by atoms with E-state index in [1.165, 1.54) is 11.3 Å². The first-order chi connectivity index (χ1) is 5.33. The SMILES string of the molecule is COc1csc2c1SCC2=O. The van der Waals surface area contributed by atoms with E-state index in [1.54, 1.807) is 18.9 Å². The topological polar surface area (TPSA) is 26.3 Å². The van der Waals surface area contributed by atoms with Gasteiger partial charge in [0.2, 0.25) is 0 Å². The Morgan fingerprint density at radius 2 is 2.45 bits per heavy atom. The van der Waals surface area contributed by atoms with Gasteiger partial charge in [0.05, 0.1) is 22.6 Å². The molecule has 4 heteroatoms. The minimum Gasteiger partial charge on any atom is -0.495 e. The van der Waals surface area contributed by atoms with Gasteiger partial charge >= 0.3 is 0 Å². The summed E-state index contributed by atoms with van der Waals surface area (Å²) >= 11 is 3.05. The highest BCUT2D eigenvalue weighted by Gasteiger charge is 2.25. The summed E-state index contributed by atoms with van der Waals surface area (Å²) in [5.41, 5.74) is 0. The van der Waals surface area contributed by atoms with E-state index >= 15 is 0 Å². The van der Waals surface area contributed by atoms with Crippen molar-refractivity contribution in [2.45, 2.75) is 4.90 Å². The summed E-state index contributed by atoms with van der Waals surface area (Å²) in [6.45, 7) is 0. The molecule has 1 aliphatic heterocycles. The van der Waals surface area contributed by atoms with Crippen LogP contribution in [0.15, 0.2) is 10.3 Å². The fourth-order valence-corrected chi connectivity index (χ4v) is 3.29. The zero-order valence-corrected chi connectivity index (χ0v) is 7.55. The summed E-state index contributed by atoms with van der Waals surface area (Å²) in [5.74, 6) is 1.66. The number of thioether (sulfide) groups is 1. The van der Waals surface area contributed by atoms with Gasteiger partial charge in [0.15, 0.2) is 5.78 Å². The van der Waals surface area contributed by atoms with E-state index in [1.807, 2.05) is 5.38 Å². The maximum absolute atomic E-state index is 11.1. The van der Waals surface area contributed by atoms with Gasteiger partial charge in [-0.25, -0.2) is 0 Å². The predicted octanol–water partition coefficient (Wildman–Crippen LogP) is 2.05. The number of carbonyl (C=O) groups excluding carboxylic acids is 1. The van der Waals surface area contributed by atoms with Gasteiger partial charge in [0.1, 0.15) is 5.75 Å². The van der Waals surface area contributed by atoms with Gasteiger partial charge in [0.25, 0.3) is 0 Å². The third-order valence-corrected chi connectivity index (χ3v) is 3.76. The minimum atomic E-state index is 0.235. The van der Waals surface area contributed by atoms with Crippen LogP contribution in [0.25, 0.3) is 0 Å². The van der Waals surface area contributed by atoms with Crippen molar-refractivity contribution in [3.05, 3.63) is 10.3 Å². The van der Waals surface area contributed by atoms with Gasteiger partial charge in [0, 0.05) is 5.38 Å². The lowest BCUT2D eigenvalue weighted by atomic mass is 10.3. The van der Waals surface area contributed by atoms with Crippen LogP contribution in [-0.4, -0.2) is 18.6 Å². The third-order valence-electron chi connectivity index (χ3n) is 1.53. The van der Waals surface area contributed by atoms with E-state index in [4.69, 9.17) is 4.74 Å². The number of rotatable bonds is 1. The maximum atomic E-state index is 11.1. The van der Waals surface area contributed by atoms with E-state index in [0.717, 1.165) is 15.5 Å². The van der Waals surface area contributed by atoms with E-state index < -0.39 is 0 Å². The lowest BCUT2D eigenvalue weighted by molar-refractivity contribution is 0.102. The Kier molecular flexibility index (Phi) is 1.65. The van der Waals surface area contributed by atoms with Crippen molar-refractivity contribution in [3.8, 4) is 5.75 Å². The molecule has 0 fully saturated rings. The molecule has 0 unspecified atom stereocenters. The van der Waals surface area contributed by atoms with Crippen molar-refractivity contribution < 1.29 is 9.53 Å². The van der Waals surface area contributed by atoms with Crippen molar-refractivity contribution in [3.63, 3.8) is 0 Å². The second-order valence-electron chi connectivity index (χ2n) is 2.17. The average Bonchev–Trinajstić information content (AvgIpc) is 2.53. The van der Waals surface area contributed by atoms with Gasteiger partial charge in [-0.3, -0.25) is 4.79 Å². The number of thiophene rings is 1. The Hall–Kier alpha value is -0.480. The molecule has 0 atom stereocenters. The van der Waals surface area contributed by atoms with Crippen LogP contribution in [0, 0.1) is 0 Å². The van der Waals surface area contributed by atoms with Crippen molar-refractivity contribution in [2.75, 3.05) is 12.9 Å². The Balaban J connectivity index is 2.52. The fraction of sp³-hybridized carbons (Fsp3) is 0.286. The molecule has 0 bridgehead atoms. The monoisotopic (exact) mass is 186 g/mol. The Bertz CT molecular complexity index is 303. The Labute approximate surface area is 72.6 Å². The normalized spacial score (nSPS) is 15.2. The third kappa shape index (κ3) is 0.973. The molecule has 0 spiro atoms. The molecule has 1 aromatic heterocycles. The van der Waals surface area contributed by atoms with Crippen LogP contribution in [0.3, 0.4) is 0 Å². The van der Waals surface area contributed by atoms with Gasteiger partial charge < -0.3 is 4.74 Å². The molecule has 58 valence electrons. The van der Waals surface area contributed by atoms with Crippen LogP contribution < -0.4 is 4.74 Å². The zero-order valence-electron chi connectivity index (χ0n) is 5.92. The number of carbonyl (C=O) groups is 1. The molecule has 0 radical (unpaired) electrons. The summed E-state index contributed by atoms with van der Waals surface area (Å²) < 4.78 is 5.08. The summed E-state index contributed by atoms with van der Waals surface area (Å²) in [6.07, 6.45) is 0. The summed E-state index contributed by atoms with van der Waals surface area (Å²) in [7, 11) is 1.63. The first-order valence-electron chi connectivity index (χ1n) is 3.14. The predicted molar refractivity (Wildman–Crippen MR) is 45.9 cm³/mol. The first kappa shape index (κ1) is 7.18. The van der Waals surface area contributed by atoms with Gasteiger partial charge in [-0.05, 0) is 0 Å². The second kappa shape index (κ2) is 2.53. The number of hydrogen-bond acceptors (Lipinski definition) is 4. The number of hydrogen-bond donors (Lipinski definition) is 0. The lowest BCUT2D eigenvalue weighted by Crippen LogP contribution is -1.90. The number of fused-ring (bicyclic) bond motifs is 1. The summed E-state index contributed by atoms with van der Waals surface area (Å²) in [6, 6.07) is 0. The molecule has 1 aliphatic rings. The molecule has 2 heterocycles. The van der Waals surface area contributed by atoms with Crippen LogP contribution in [0.4, 0.5) is 0 Å². The largest absolute Gasteiger partial charge is 0.495 e. The van der Waals surface area contributed by atoms with E-state index in [-0.39, 0.29) is 5.78 Å². The second-order valence-corrected chi connectivity index (χ2v) is 4.04. The van der Waals surface area contributed by atoms with Gasteiger partial charge in [-0.1, -0.05) is 0 Å². The smallest absolute Gasteiger partial charge is 0.184 e. The van der Waals surface area contributed by atoms with E-state index in [2.05, 4.69) is 0 Å². The average molecular weight is 186 g/mol. The molecular weight excluding hydrogens is 180 g/mol. The molecule has 0 N–H and O–H groups in total. The minimum absolute atomic E-state index is 0.235. The van der Waals surface area contributed by atoms with Gasteiger partial charge in [-0.2, -0.15) is 0 Å². The highest BCUT2D eigenvalue weighted by Crippen LogP contribution is 2.42. The maximum Gasteiger partial charge on any atom is 0.184 e. The molecule has 2 nitrogen and oxygen atoms in total. The highest BCUT2D eigenvalue weighted by molar-refractivity contribution is 8.01. The Morgan fingerprint density at radius 3 is 3.18 bits per heavy atom. The zero-order chi connectivity index (χ0) is 7.84. The highest BCUT2D eigenvalue weighted by atomic mass is 32.2. The lowest BCUT2D eigenvalue weighted by Gasteiger charge is -1.95. The van der Waals surface area contributed by atoms with Crippen LogP contribution in [0.1, 0.15) is 9.67 Å². The van der Waals surface area contributed by atoms with Crippen LogP contribution in [0.5, 0.6) is 5.75 Å². The number of Topliss-reactive ketones (excluding diaryl/α,β-unsaturated/α-hetero) is 1. The molecular formula is C7H6O2S2. The summed E-state index contributed by atoms with van der Waals surface area (Å²) in [5, 5.41) is 1.88. The van der Waals surface area contributed by atoms with Crippen molar-refractivity contribution >= 4 is 28.9 Å². The van der Waals surface area contributed by atoms with E-state index in [0.29, 0.717) is 5.75 Å². The van der Waals surface area contributed by atoms with Crippen LogP contribution in [-0.2, 0) is 0 Å².